The molecule has 4 heterocycles. The molecular formula is C16H14N4O4. The van der Waals surface area contributed by atoms with Gasteiger partial charge in [0, 0.05) is 0 Å². The van der Waals surface area contributed by atoms with Gasteiger partial charge in [-0.25, -0.2) is 14.8 Å². The van der Waals surface area contributed by atoms with E-state index in [0.29, 0.717) is 36.4 Å². The summed E-state index contributed by atoms with van der Waals surface area (Å²) in [6, 6.07) is 7.30. The van der Waals surface area contributed by atoms with Crippen molar-refractivity contribution in [3.63, 3.8) is 0 Å². The molecule has 2 aliphatic heterocycles. The molecule has 0 spiro atoms. The summed E-state index contributed by atoms with van der Waals surface area (Å²) < 4.78 is 13.1. The van der Waals surface area contributed by atoms with Crippen molar-refractivity contribution in [3.05, 3.63) is 45.1 Å². The second-order valence-electron chi connectivity index (χ2n) is 6.10. The Kier molecular flexibility index (Phi) is 2.85. The Bertz CT molecular complexity index is 1080. The van der Waals surface area contributed by atoms with Crippen LogP contribution in [0.25, 0.3) is 22.2 Å². The maximum atomic E-state index is 12.8. The topological polar surface area (TPSA) is 94.8 Å². The lowest BCUT2D eigenvalue weighted by Gasteiger charge is -2.12. The van der Waals surface area contributed by atoms with E-state index in [2.05, 4.69) is 9.97 Å². The molecule has 0 N–H and O–H groups in total. The van der Waals surface area contributed by atoms with Crippen LogP contribution in [0.3, 0.4) is 0 Å². The number of hydrogen-bond acceptors (Lipinski definition) is 6. The number of hydrogen-bond donors (Lipinski definition) is 0. The van der Waals surface area contributed by atoms with Gasteiger partial charge in [0.1, 0.15) is 0 Å². The van der Waals surface area contributed by atoms with Crippen LogP contribution in [0.15, 0.2) is 33.9 Å². The van der Waals surface area contributed by atoms with Gasteiger partial charge in [0.15, 0.2) is 11.2 Å². The van der Waals surface area contributed by atoms with E-state index in [9.17, 15) is 9.59 Å². The first-order valence-electron chi connectivity index (χ1n) is 7.84. The quantitative estimate of drug-likeness (QED) is 0.491. The molecule has 2 aromatic heterocycles. The van der Waals surface area contributed by atoms with Gasteiger partial charge in [0.25, 0.3) is 5.56 Å². The van der Waals surface area contributed by atoms with Gasteiger partial charge >= 0.3 is 5.69 Å². The molecule has 0 aliphatic carbocycles. The van der Waals surface area contributed by atoms with Gasteiger partial charge in [0.05, 0.1) is 49.5 Å². The highest BCUT2D eigenvalue weighted by Crippen LogP contribution is 2.17. The molecule has 2 aliphatic rings. The van der Waals surface area contributed by atoms with Crippen LogP contribution in [0, 0.1) is 0 Å². The molecule has 0 radical (unpaired) electrons. The molecule has 2 fully saturated rings. The molecule has 1 aromatic carbocycles. The Labute approximate surface area is 135 Å². The highest BCUT2D eigenvalue weighted by Gasteiger charge is 2.29. The molecule has 5 rings (SSSR count). The molecule has 8 nitrogen and oxygen atoms in total. The minimum atomic E-state index is -0.420. The zero-order valence-electron chi connectivity index (χ0n) is 12.7. The number of aromatic nitrogens is 4. The molecule has 0 amide bonds. The number of rotatable bonds is 4. The fourth-order valence-electron chi connectivity index (χ4n) is 2.85. The Morgan fingerprint density at radius 3 is 2.17 bits per heavy atom. The van der Waals surface area contributed by atoms with Crippen LogP contribution in [-0.2, 0) is 22.6 Å². The lowest BCUT2D eigenvalue weighted by atomic mass is 10.3. The molecule has 2 saturated heterocycles. The second kappa shape index (κ2) is 4.96. The number of epoxide rings is 2. The zero-order valence-corrected chi connectivity index (χ0v) is 12.7. The zero-order chi connectivity index (χ0) is 16.3. The number of ether oxygens (including phenoxy) is 2. The van der Waals surface area contributed by atoms with Gasteiger partial charge in [-0.15, -0.1) is 0 Å². The van der Waals surface area contributed by atoms with Crippen molar-refractivity contribution in [1.82, 2.24) is 19.1 Å². The molecular weight excluding hydrogens is 312 g/mol. The summed E-state index contributed by atoms with van der Waals surface area (Å²) in [7, 11) is 0. The van der Waals surface area contributed by atoms with Crippen molar-refractivity contribution in [2.24, 2.45) is 0 Å². The summed E-state index contributed by atoms with van der Waals surface area (Å²) in [4.78, 5) is 34.6. The van der Waals surface area contributed by atoms with Gasteiger partial charge in [-0.05, 0) is 12.1 Å². The maximum absolute atomic E-state index is 12.8. The fraction of sp³-hybridized carbons (Fsp3) is 0.375. The van der Waals surface area contributed by atoms with E-state index >= 15 is 0 Å². The maximum Gasteiger partial charge on any atom is 0.332 e. The van der Waals surface area contributed by atoms with Gasteiger partial charge < -0.3 is 9.47 Å². The monoisotopic (exact) mass is 326 g/mol. The number of para-hydroxylation sites is 2. The first-order chi connectivity index (χ1) is 11.7. The highest BCUT2D eigenvalue weighted by molar-refractivity contribution is 5.83. The Morgan fingerprint density at radius 2 is 1.54 bits per heavy atom. The predicted molar refractivity (Wildman–Crippen MR) is 85.0 cm³/mol. The minimum Gasteiger partial charge on any atom is -0.371 e. The average molecular weight is 326 g/mol. The molecule has 2 atom stereocenters. The van der Waals surface area contributed by atoms with Crippen molar-refractivity contribution < 1.29 is 9.47 Å². The first kappa shape index (κ1) is 13.8. The molecule has 8 heteroatoms. The van der Waals surface area contributed by atoms with E-state index in [1.54, 1.807) is 6.07 Å². The molecule has 122 valence electrons. The van der Waals surface area contributed by atoms with Crippen LogP contribution < -0.4 is 11.2 Å². The lowest BCUT2D eigenvalue weighted by Crippen LogP contribution is -2.42. The third-order valence-corrected chi connectivity index (χ3v) is 4.29. The summed E-state index contributed by atoms with van der Waals surface area (Å²) >= 11 is 0. The van der Waals surface area contributed by atoms with Gasteiger partial charge in [-0.3, -0.25) is 13.9 Å². The number of benzene rings is 1. The van der Waals surface area contributed by atoms with E-state index in [-0.39, 0.29) is 30.0 Å². The van der Waals surface area contributed by atoms with Crippen LogP contribution in [0.4, 0.5) is 0 Å². The Morgan fingerprint density at radius 1 is 0.958 bits per heavy atom. The van der Waals surface area contributed by atoms with Crippen molar-refractivity contribution in [2.75, 3.05) is 13.2 Å². The summed E-state index contributed by atoms with van der Waals surface area (Å²) in [5, 5.41) is 0. The number of fused-ring (bicyclic) bond motifs is 2. The smallest absolute Gasteiger partial charge is 0.332 e. The first-order valence-corrected chi connectivity index (χ1v) is 7.84. The Hall–Kier alpha value is -2.58. The van der Waals surface area contributed by atoms with Crippen LogP contribution in [0.1, 0.15) is 0 Å². The standard InChI is InChI=1S/C16H14N4O4/c21-15-13-14(18-12-4-2-1-3-11(12)17-13)19(5-9-7-23-9)16(22)20(15)6-10-8-24-10/h1-4,9-10H,5-8H2. The number of nitrogens with zero attached hydrogens (tertiary/aromatic N) is 4. The minimum absolute atomic E-state index is 0.0118. The summed E-state index contributed by atoms with van der Waals surface area (Å²) in [6.07, 6.45) is -0.0887. The van der Waals surface area contributed by atoms with Crippen molar-refractivity contribution in [3.8, 4) is 0 Å². The van der Waals surface area contributed by atoms with Crippen molar-refractivity contribution >= 4 is 22.2 Å². The third-order valence-electron chi connectivity index (χ3n) is 4.29. The Balaban J connectivity index is 1.84. The van der Waals surface area contributed by atoms with Gasteiger partial charge in [-0.1, -0.05) is 12.1 Å². The molecule has 3 aromatic rings. The van der Waals surface area contributed by atoms with E-state index in [1.165, 1.54) is 9.13 Å². The molecule has 0 saturated carbocycles. The van der Waals surface area contributed by atoms with E-state index in [4.69, 9.17) is 9.47 Å². The largest absolute Gasteiger partial charge is 0.371 e. The lowest BCUT2D eigenvalue weighted by molar-refractivity contribution is 0.363. The van der Waals surface area contributed by atoms with Crippen LogP contribution in [-0.4, -0.2) is 44.5 Å². The van der Waals surface area contributed by atoms with Gasteiger partial charge in [0.2, 0.25) is 0 Å². The summed E-state index contributed by atoms with van der Waals surface area (Å²) in [5.41, 5.74) is 0.989. The van der Waals surface area contributed by atoms with Crippen LogP contribution >= 0.6 is 0 Å². The van der Waals surface area contributed by atoms with Crippen LogP contribution in [0.2, 0.25) is 0 Å². The summed E-state index contributed by atoms with van der Waals surface area (Å²) in [6.45, 7) is 1.79. The fourth-order valence-corrected chi connectivity index (χ4v) is 2.85. The average Bonchev–Trinajstić information content (AvgIpc) is 3.50. The predicted octanol–water partition coefficient (Wildman–Crippen LogP) is -0.0960. The van der Waals surface area contributed by atoms with E-state index in [0.717, 1.165) is 0 Å². The normalized spacial score (nSPS) is 22.2. The molecule has 24 heavy (non-hydrogen) atoms. The SMILES string of the molecule is O=c1c2nc3ccccc3nc2n(CC2CO2)c(=O)n1CC1CO1. The van der Waals surface area contributed by atoms with E-state index < -0.39 is 5.56 Å². The van der Waals surface area contributed by atoms with Crippen LogP contribution in [0.5, 0.6) is 0 Å². The van der Waals surface area contributed by atoms with E-state index in [1.807, 2.05) is 18.2 Å². The second-order valence-corrected chi connectivity index (χ2v) is 6.10. The summed E-state index contributed by atoms with van der Waals surface area (Å²) in [5.74, 6) is 0. The third kappa shape index (κ3) is 2.22. The molecule has 0 bridgehead atoms. The van der Waals surface area contributed by atoms with Crippen molar-refractivity contribution in [1.29, 1.82) is 0 Å². The highest BCUT2D eigenvalue weighted by atomic mass is 16.6. The van der Waals surface area contributed by atoms with Gasteiger partial charge in [-0.2, -0.15) is 0 Å². The molecule has 2 unspecified atom stereocenters. The van der Waals surface area contributed by atoms with Crippen molar-refractivity contribution in [2.45, 2.75) is 25.3 Å².